The normalized spacial score (nSPS) is 13.9. The van der Waals surface area contributed by atoms with Gasteiger partial charge in [-0.05, 0) is 172 Å². The van der Waals surface area contributed by atoms with Crippen molar-refractivity contribution < 1.29 is 0 Å². The molecule has 0 aliphatic heterocycles. The lowest BCUT2D eigenvalue weighted by molar-refractivity contribution is 0.353. The van der Waals surface area contributed by atoms with Crippen LogP contribution in [0.3, 0.4) is 0 Å². The molecule has 0 radical (unpaired) electrons. The van der Waals surface area contributed by atoms with E-state index in [1.807, 2.05) is 60.7 Å². The lowest BCUT2D eigenvalue weighted by atomic mass is 9.66. The lowest BCUT2D eigenvalue weighted by Crippen LogP contribution is -2.28. The number of benzene rings is 15. The third-order valence-corrected chi connectivity index (χ3v) is 24.3. The van der Waals surface area contributed by atoms with Crippen molar-refractivity contribution >= 4 is 0 Å². The fraction of sp³-hybridized carbons (Fsp3) is 0.111. The molecule has 2 saturated carbocycles. The zero-order chi connectivity index (χ0) is 75.8. The van der Waals surface area contributed by atoms with Gasteiger partial charge in [0.2, 0.25) is 0 Å². The number of hydrogen-bond acceptors (Lipinski definition) is 6. The van der Waals surface area contributed by atoms with Gasteiger partial charge in [-0.1, -0.05) is 390 Å². The summed E-state index contributed by atoms with van der Waals surface area (Å²) in [5.41, 5.74) is 34.7. The Morgan fingerprint density at radius 3 is 0.737 bits per heavy atom. The number of aromatic nitrogens is 6. The summed E-state index contributed by atoms with van der Waals surface area (Å²) < 4.78 is 0. The molecular weight excluding hydrogens is 1380 g/mol. The highest BCUT2D eigenvalue weighted by molar-refractivity contribution is 5.92. The van der Waals surface area contributed by atoms with Crippen LogP contribution in [0.4, 0.5) is 0 Å². The molecule has 4 aliphatic rings. The van der Waals surface area contributed by atoms with Crippen LogP contribution < -0.4 is 0 Å². The summed E-state index contributed by atoms with van der Waals surface area (Å²) in [6.45, 7) is 0. The fourth-order valence-corrected chi connectivity index (χ4v) is 18.8. The minimum atomic E-state index is 0.0875. The van der Waals surface area contributed by atoms with Crippen LogP contribution >= 0.6 is 0 Å². The summed E-state index contributed by atoms with van der Waals surface area (Å²) in [4.78, 5) is 30.2. The highest BCUT2D eigenvalue weighted by Gasteiger charge is 2.47. The van der Waals surface area contributed by atoms with E-state index in [0.29, 0.717) is 34.9 Å². The summed E-state index contributed by atoms with van der Waals surface area (Å²) in [7, 11) is 0. The van der Waals surface area contributed by atoms with Crippen molar-refractivity contribution in [1.29, 1.82) is 0 Å². The van der Waals surface area contributed by atoms with E-state index in [0.717, 1.165) is 72.3 Å². The van der Waals surface area contributed by atoms with Gasteiger partial charge in [0, 0.05) is 44.2 Å². The number of hydrogen-bond donors (Lipinski definition) is 0. The zero-order valence-electron chi connectivity index (χ0n) is 63.6. The maximum atomic E-state index is 5.12. The Morgan fingerprint density at radius 1 is 0.149 bits per heavy atom. The first kappa shape index (κ1) is 69.5. The molecule has 0 bridgehead atoms. The van der Waals surface area contributed by atoms with Crippen LogP contribution in [-0.2, 0) is 10.8 Å². The van der Waals surface area contributed by atoms with Crippen LogP contribution in [0.5, 0.6) is 0 Å². The minimum absolute atomic E-state index is 0.0875. The zero-order valence-corrected chi connectivity index (χ0v) is 63.6. The molecule has 21 rings (SSSR count). The number of rotatable bonds is 13. The molecule has 6 nitrogen and oxygen atoms in total. The van der Waals surface area contributed by atoms with Gasteiger partial charge in [0.25, 0.3) is 0 Å². The smallest absolute Gasteiger partial charge is 0.164 e. The highest BCUT2D eigenvalue weighted by atomic mass is 15.0. The average Bonchev–Trinajstić information content (AvgIpc) is 1.56. The molecule has 0 amide bonds. The predicted octanol–water partition coefficient (Wildman–Crippen LogP) is 27.9. The SMILES string of the molecule is c1ccc(-c2cccc(-c3nc(-c4ccccc4)nc(-c4ccc(-c5ccc(-c6ccc(-c7cccc8c7C7(CCCCC7)c7ccccc7-8)cc6)cc5)cc4)n3)c2)cc1.c1ccc(-c2cccc(-c3nc(-c4ccccc4)nc(-c4cccc(-c5cccc(-c6cccc7c6C6(CCCCC6)c6ccccc6-7)c5)c4)n3)c2)cc1. The Bertz CT molecular complexity index is 6380. The van der Waals surface area contributed by atoms with Crippen LogP contribution in [-0.4, -0.2) is 29.9 Å². The van der Waals surface area contributed by atoms with Gasteiger partial charge in [-0.25, -0.2) is 29.9 Å². The molecule has 0 N–H and O–H groups in total. The molecule has 4 aliphatic carbocycles. The third kappa shape index (κ3) is 13.1. The first-order chi connectivity index (χ1) is 56.4. The van der Waals surface area contributed by atoms with Crippen molar-refractivity contribution in [1.82, 2.24) is 29.9 Å². The Morgan fingerprint density at radius 2 is 0.368 bits per heavy atom. The second-order valence-corrected chi connectivity index (χ2v) is 31.0. The van der Waals surface area contributed by atoms with Crippen molar-refractivity contribution in [2.24, 2.45) is 0 Å². The van der Waals surface area contributed by atoms with E-state index in [2.05, 4.69) is 315 Å². The molecule has 544 valence electrons. The molecule has 2 fully saturated rings. The molecule has 2 aromatic heterocycles. The lowest BCUT2D eigenvalue weighted by Gasteiger charge is -2.37. The first-order valence-corrected chi connectivity index (χ1v) is 40.4. The van der Waals surface area contributed by atoms with Crippen LogP contribution in [0.15, 0.2) is 376 Å². The van der Waals surface area contributed by atoms with Gasteiger partial charge in [-0.3, -0.25) is 0 Å². The van der Waals surface area contributed by atoms with E-state index in [-0.39, 0.29) is 10.8 Å². The Labute approximate surface area is 667 Å². The topological polar surface area (TPSA) is 77.3 Å². The largest absolute Gasteiger partial charge is 0.208 e. The van der Waals surface area contributed by atoms with Crippen molar-refractivity contribution in [3.05, 3.63) is 398 Å². The van der Waals surface area contributed by atoms with Gasteiger partial charge in [0.15, 0.2) is 34.9 Å². The van der Waals surface area contributed by atoms with Crippen molar-refractivity contribution in [2.75, 3.05) is 0 Å². The number of fused-ring (bicyclic) bond motifs is 10. The van der Waals surface area contributed by atoms with Crippen molar-refractivity contribution in [2.45, 2.75) is 75.0 Å². The number of nitrogens with zero attached hydrogens (tertiary/aromatic N) is 6. The van der Waals surface area contributed by atoms with Crippen molar-refractivity contribution in [3.8, 4) is 168 Å². The Kier molecular flexibility index (Phi) is 18.4. The Balaban J connectivity index is 0.000000149. The van der Waals surface area contributed by atoms with Gasteiger partial charge in [0.05, 0.1) is 0 Å². The maximum Gasteiger partial charge on any atom is 0.164 e. The van der Waals surface area contributed by atoms with E-state index in [1.54, 1.807) is 5.56 Å². The van der Waals surface area contributed by atoms with Gasteiger partial charge in [-0.15, -0.1) is 0 Å². The van der Waals surface area contributed by atoms with Crippen LogP contribution in [0.25, 0.3) is 168 Å². The second-order valence-electron chi connectivity index (χ2n) is 31.0. The van der Waals surface area contributed by atoms with Gasteiger partial charge < -0.3 is 0 Å². The Hall–Kier alpha value is -13.7. The highest BCUT2D eigenvalue weighted by Crippen LogP contribution is 2.60. The van der Waals surface area contributed by atoms with Crippen LogP contribution in [0.2, 0.25) is 0 Å². The molecule has 2 spiro atoms. The summed E-state index contributed by atoms with van der Waals surface area (Å²) in [6.07, 6.45) is 12.7. The average molecular weight is 1460 g/mol. The summed E-state index contributed by atoms with van der Waals surface area (Å²) >= 11 is 0. The molecule has 0 saturated heterocycles. The van der Waals surface area contributed by atoms with Crippen LogP contribution in [0.1, 0.15) is 86.5 Å². The van der Waals surface area contributed by atoms with Crippen LogP contribution in [0, 0.1) is 0 Å². The van der Waals surface area contributed by atoms with E-state index in [1.165, 1.54) is 142 Å². The maximum absolute atomic E-state index is 5.12. The van der Waals surface area contributed by atoms with E-state index >= 15 is 0 Å². The van der Waals surface area contributed by atoms with Crippen molar-refractivity contribution in [3.63, 3.8) is 0 Å². The molecule has 15 aromatic carbocycles. The molecule has 0 unspecified atom stereocenters. The molecule has 0 atom stereocenters. The van der Waals surface area contributed by atoms with E-state index < -0.39 is 0 Å². The standard InChI is InChI=1S/C57H43N3.C51H39N3/c1-4-14-39(15-5-1)47-18-12-19-48(38-47)56-59-54(45-16-6-2-7-17-45)58-55(60-56)46-34-30-43(31-35-46)41-26-24-40(25-27-41)42-28-32-44(33-29-42)49-21-13-22-51-50-20-8-9-23-52(50)57(53(49)51)36-10-3-11-37-57;1-4-16-35(17-5-1)37-20-13-24-41(33-37)49-52-48(36-18-6-2-7-19-36)53-50(54-49)42-25-14-22-39(34-42)38-21-12-23-40(32-38)43-27-15-28-45-44-26-8-9-29-46(44)51(47(43)45)30-10-3-11-31-51/h1-2,4-9,12-35,38H,3,10-11,36-37H2;1-2,4-9,12-29,32-34H,3,10-11,30-31H2. The molecule has 6 heteroatoms. The van der Waals surface area contributed by atoms with Gasteiger partial charge >= 0.3 is 0 Å². The fourth-order valence-electron chi connectivity index (χ4n) is 18.8. The first-order valence-electron chi connectivity index (χ1n) is 40.4. The molecule has 2 heterocycles. The minimum Gasteiger partial charge on any atom is -0.208 e. The van der Waals surface area contributed by atoms with E-state index in [9.17, 15) is 0 Å². The summed E-state index contributed by atoms with van der Waals surface area (Å²) in [5, 5.41) is 0. The molecular formula is C108H82N6. The predicted molar refractivity (Wildman–Crippen MR) is 469 cm³/mol. The summed E-state index contributed by atoms with van der Waals surface area (Å²) in [5.74, 6) is 3.91. The van der Waals surface area contributed by atoms with Gasteiger partial charge in [0.1, 0.15) is 0 Å². The molecule has 114 heavy (non-hydrogen) atoms. The summed E-state index contributed by atoms with van der Waals surface area (Å²) in [6, 6.07) is 135. The van der Waals surface area contributed by atoms with Gasteiger partial charge in [-0.2, -0.15) is 0 Å². The quantitative estimate of drug-likeness (QED) is 0.114. The van der Waals surface area contributed by atoms with E-state index in [4.69, 9.17) is 29.9 Å². The second kappa shape index (κ2) is 30.2. The monoisotopic (exact) mass is 1460 g/mol. The third-order valence-electron chi connectivity index (χ3n) is 24.3. The molecule has 17 aromatic rings.